The number of thioether (sulfide) groups is 1. The van der Waals surface area contributed by atoms with Gasteiger partial charge in [-0.25, -0.2) is 4.98 Å². The fraction of sp³-hybridized carbons (Fsp3) is 0.294. The normalized spacial score (nSPS) is 14.2. The predicted octanol–water partition coefficient (Wildman–Crippen LogP) is 3.07. The Morgan fingerprint density at radius 2 is 2.04 bits per heavy atom. The van der Waals surface area contributed by atoms with Crippen molar-refractivity contribution in [3.05, 3.63) is 47.7 Å². The number of amides is 1. The number of aromatic nitrogens is 1. The molecule has 6 heteroatoms. The number of nitrogens with one attached hydrogen (secondary N) is 1. The molecule has 0 saturated carbocycles. The van der Waals surface area contributed by atoms with Crippen LogP contribution in [0.25, 0.3) is 0 Å². The lowest BCUT2D eigenvalue weighted by molar-refractivity contribution is 0.0936. The van der Waals surface area contributed by atoms with Crippen molar-refractivity contribution in [3.8, 4) is 11.5 Å². The number of nitrogens with zero attached hydrogens (tertiary/aromatic N) is 1. The third kappa shape index (κ3) is 3.42. The predicted molar refractivity (Wildman–Crippen MR) is 89.3 cm³/mol. The molecule has 1 aliphatic rings. The molecule has 3 rings (SSSR count). The van der Waals surface area contributed by atoms with E-state index in [1.165, 1.54) is 11.8 Å². The van der Waals surface area contributed by atoms with Gasteiger partial charge in [-0.1, -0.05) is 6.07 Å². The molecule has 0 unspecified atom stereocenters. The molecular weight excluding hydrogens is 312 g/mol. The summed E-state index contributed by atoms with van der Waals surface area (Å²) in [6.07, 6.45) is 3.59. The Morgan fingerprint density at radius 3 is 2.83 bits per heavy atom. The van der Waals surface area contributed by atoms with E-state index in [1.54, 1.807) is 18.3 Å². The minimum atomic E-state index is -0.145. The first-order valence-electron chi connectivity index (χ1n) is 7.38. The van der Waals surface area contributed by atoms with Gasteiger partial charge in [0.1, 0.15) is 18.2 Å². The van der Waals surface area contributed by atoms with Crippen molar-refractivity contribution in [2.75, 3.05) is 19.5 Å². The summed E-state index contributed by atoms with van der Waals surface area (Å²) < 4.78 is 11.1. The Hall–Kier alpha value is -2.21. The number of rotatable bonds is 4. The van der Waals surface area contributed by atoms with Crippen molar-refractivity contribution in [3.63, 3.8) is 0 Å². The van der Waals surface area contributed by atoms with Crippen LogP contribution in [0.5, 0.6) is 11.5 Å². The lowest BCUT2D eigenvalue weighted by Crippen LogP contribution is -2.27. The summed E-state index contributed by atoms with van der Waals surface area (Å²) in [5.74, 6) is 1.33. The van der Waals surface area contributed by atoms with E-state index < -0.39 is 0 Å². The molecule has 0 spiro atoms. The highest BCUT2D eigenvalue weighted by Crippen LogP contribution is 2.32. The van der Waals surface area contributed by atoms with Crippen LogP contribution in [-0.4, -0.2) is 30.4 Å². The Kier molecular flexibility index (Phi) is 4.71. The number of hydrogen-bond acceptors (Lipinski definition) is 5. The smallest absolute Gasteiger partial charge is 0.254 e. The van der Waals surface area contributed by atoms with Crippen LogP contribution >= 0.6 is 11.8 Å². The van der Waals surface area contributed by atoms with Crippen molar-refractivity contribution < 1.29 is 14.3 Å². The van der Waals surface area contributed by atoms with Crippen LogP contribution in [0, 0.1) is 0 Å². The van der Waals surface area contributed by atoms with Gasteiger partial charge in [0, 0.05) is 6.20 Å². The van der Waals surface area contributed by atoms with Gasteiger partial charge in [0.25, 0.3) is 5.91 Å². The van der Waals surface area contributed by atoms with Crippen LogP contribution in [0.1, 0.15) is 28.9 Å². The molecule has 1 N–H and O–H groups in total. The molecule has 1 aliphatic heterocycles. The standard InChI is InChI=1S/C17H18N2O3S/c1-11(12-5-6-14-15(10-12)22-9-8-21-14)19-16(20)13-4-3-7-18-17(13)23-2/h3-7,10-11H,8-9H2,1-2H3,(H,19,20)/t11-/m0/s1. The molecule has 0 aliphatic carbocycles. The number of benzene rings is 1. The first kappa shape index (κ1) is 15.7. The summed E-state index contributed by atoms with van der Waals surface area (Å²) in [7, 11) is 0. The van der Waals surface area contributed by atoms with Crippen LogP contribution in [0.4, 0.5) is 0 Å². The summed E-state index contributed by atoms with van der Waals surface area (Å²) in [5.41, 5.74) is 1.56. The zero-order valence-corrected chi connectivity index (χ0v) is 13.9. The fourth-order valence-corrected chi connectivity index (χ4v) is 2.96. The van der Waals surface area contributed by atoms with Crippen LogP contribution < -0.4 is 14.8 Å². The Morgan fingerprint density at radius 1 is 1.26 bits per heavy atom. The number of carbonyl (C=O) groups is 1. The summed E-state index contributed by atoms with van der Waals surface area (Å²) in [5, 5.41) is 3.73. The van der Waals surface area contributed by atoms with Crippen molar-refractivity contribution in [1.29, 1.82) is 0 Å². The molecule has 0 fully saturated rings. The van der Waals surface area contributed by atoms with Crippen molar-refractivity contribution in [2.24, 2.45) is 0 Å². The Bertz CT molecular complexity index is 721. The van der Waals surface area contributed by atoms with Gasteiger partial charge in [0.15, 0.2) is 11.5 Å². The van der Waals surface area contributed by atoms with E-state index in [0.29, 0.717) is 18.8 Å². The number of pyridine rings is 1. The van der Waals surface area contributed by atoms with Gasteiger partial charge in [0.05, 0.1) is 11.6 Å². The fourth-order valence-electron chi connectivity index (χ4n) is 2.41. The average molecular weight is 330 g/mol. The summed E-state index contributed by atoms with van der Waals surface area (Å²) in [6, 6.07) is 9.14. The van der Waals surface area contributed by atoms with Gasteiger partial charge in [-0.15, -0.1) is 11.8 Å². The number of carbonyl (C=O) groups excluding carboxylic acids is 1. The van der Waals surface area contributed by atoms with E-state index in [0.717, 1.165) is 22.1 Å². The van der Waals surface area contributed by atoms with Crippen LogP contribution in [0.15, 0.2) is 41.6 Å². The topological polar surface area (TPSA) is 60.5 Å². The quantitative estimate of drug-likeness (QED) is 0.873. The minimum absolute atomic E-state index is 0.134. The second-order valence-corrected chi connectivity index (χ2v) is 5.95. The van der Waals surface area contributed by atoms with E-state index >= 15 is 0 Å². The summed E-state index contributed by atoms with van der Waals surface area (Å²) in [4.78, 5) is 16.7. The third-order valence-corrected chi connectivity index (χ3v) is 4.33. The summed E-state index contributed by atoms with van der Waals surface area (Å²) >= 11 is 1.46. The van der Waals surface area contributed by atoms with E-state index in [2.05, 4.69) is 10.3 Å². The van der Waals surface area contributed by atoms with E-state index in [4.69, 9.17) is 9.47 Å². The van der Waals surface area contributed by atoms with Crippen LogP contribution in [-0.2, 0) is 0 Å². The maximum atomic E-state index is 12.5. The van der Waals surface area contributed by atoms with Crippen molar-refractivity contribution >= 4 is 17.7 Å². The molecule has 2 aromatic rings. The molecule has 1 amide bonds. The van der Waals surface area contributed by atoms with Gasteiger partial charge < -0.3 is 14.8 Å². The van der Waals surface area contributed by atoms with Gasteiger partial charge in [-0.05, 0) is 43.0 Å². The molecule has 2 heterocycles. The van der Waals surface area contributed by atoms with Gasteiger partial charge >= 0.3 is 0 Å². The SMILES string of the molecule is CSc1ncccc1C(=O)N[C@@H](C)c1ccc2c(c1)OCCO2. The molecule has 5 nitrogen and oxygen atoms in total. The number of hydrogen-bond donors (Lipinski definition) is 1. The Balaban J connectivity index is 1.76. The minimum Gasteiger partial charge on any atom is -0.486 e. The van der Waals surface area contributed by atoms with E-state index in [9.17, 15) is 4.79 Å². The largest absolute Gasteiger partial charge is 0.486 e. The summed E-state index contributed by atoms with van der Waals surface area (Å²) in [6.45, 7) is 3.06. The lowest BCUT2D eigenvalue weighted by Gasteiger charge is -2.21. The maximum Gasteiger partial charge on any atom is 0.254 e. The van der Waals surface area contributed by atoms with E-state index in [1.807, 2.05) is 31.4 Å². The molecule has 1 aromatic heterocycles. The molecule has 1 atom stereocenters. The van der Waals surface area contributed by atoms with Crippen LogP contribution in [0.2, 0.25) is 0 Å². The second kappa shape index (κ2) is 6.91. The molecule has 0 bridgehead atoms. The third-order valence-electron chi connectivity index (χ3n) is 3.62. The highest BCUT2D eigenvalue weighted by molar-refractivity contribution is 7.98. The first-order chi connectivity index (χ1) is 11.2. The molecule has 23 heavy (non-hydrogen) atoms. The molecule has 0 saturated heterocycles. The lowest BCUT2D eigenvalue weighted by atomic mass is 10.1. The molecule has 120 valence electrons. The first-order valence-corrected chi connectivity index (χ1v) is 8.61. The zero-order chi connectivity index (χ0) is 16.2. The van der Waals surface area contributed by atoms with Crippen molar-refractivity contribution in [2.45, 2.75) is 18.0 Å². The van der Waals surface area contributed by atoms with E-state index in [-0.39, 0.29) is 11.9 Å². The highest BCUT2D eigenvalue weighted by atomic mass is 32.2. The molecule has 0 radical (unpaired) electrons. The average Bonchev–Trinajstić information content (AvgIpc) is 2.61. The van der Waals surface area contributed by atoms with Gasteiger partial charge in [0.2, 0.25) is 0 Å². The second-order valence-electron chi connectivity index (χ2n) is 5.16. The molecular formula is C17H18N2O3S. The Labute approximate surface area is 139 Å². The number of ether oxygens (including phenoxy) is 2. The zero-order valence-electron chi connectivity index (χ0n) is 13.0. The van der Waals surface area contributed by atoms with Crippen LogP contribution in [0.3, 0.4) is 0 Å². The van der Waals surface area contributed by atoms with Gasteiger partial charge in [-0.3, -0.25) is 4.79 Å². The maximum absolute atomic E-state index is 12.5. The van der Waals surface area contributed by atoms with Crippen molar-refractivity contribution in [1.82, 2.24) is 10.3 Å². The molecule has 1 aromatic carbocycles. The highest BCUT2D eigenvalue weighted by Gasteiger charge is 2.18. The monoisotopic (exact) mass is 330 g/mol. The van der Waals surface area contributed by atoms with Gasteiger partial charge in [-0.2, -0.15) is 0 Å². The number of fused-ring (bicyclic) bond motifs is 1.